The molecule has 0 atom stereocenters. The first-order valence-electron chi connectivity index (χ1n) is 8.27. The second-order valence-electron chi connectivity index (χ2n) is 5.83. The summed E-state index contributed by atoms with van der Waals surface area (Å²) in [5.74, 6) is 1.30. The lowest BCUT2D eigenvalue weighted by atomic mass is 10.1. The van der Waals surface area contributed by atoms with E-state index in [-0.39, 0.29) is 11.7 Å². The van der Waals surface area contributed by atoms with E-state index in [1.165, 1.54) is 11.8 Å². The molecule has 7 heteroatoms. The number of para-hydroxylation sites is 1. The number of carbonyl (C=O) groups excluding carboxylic acids is 1. The van der Waals surface area contributed by atoms with Crippen LogP contribution in [0, 0.1) is 0 Å². The van der Waals surface area contributed by atoms with Crippen LogP contribution in [0.3, 0.4) is 0 Å². The molecule has 0 saturated carbocycles. The Kier molecular flexibility index (Phi) is 6.03. The smallest absolute Gasteiger partial charge is 0.266 e. The van der Waals surface area contributed by atoms with Crippen LogP contribution in [0.2, 0.25) is 0 Å². The van der Waals surface area contributed by atoms with Gasteiger partial charge < -0.3 is 14.6 Å². The van der Waals surface area contributed by atoms with Crippen LogP contribution in [-0.2, 0) is 11.2 Å². The number of methoxy groups -OCH3 is 2. The predicted octanol–water partition coefficient (Wildman–Crippen LogP) is 3.85. The lowest BCUT2D eigenvalue weighted by Gasteiger charge is -2.15. The van der Waals surface area contributed by atoms with E-state index in [0.29, 0.717) is 39.3 Å². The summed E-state index contributed by atoms with van der Waals surface area (Å²) < 4.78 is 11.1. The molecule has 0 radical (unpaired) electrons. The molecule has 2 aromatic rings. The zero-order chi connectivity index (χ0) is 19.4. The topological polar surface area (TPSA) is 59.0 Å². The van der Waals surface area contributed by atoms with E-state index in [1.54, 1.807) is 43.4 Å². The summed E-state index contributed by atoms with van der Waals surface area (Å²) in [6, 6.07) is 12.6. The highest BCUT2D eigenvalue weighted by Gasteiger charge is 2.31. The first-order chi connectivity index (χ1) is 13.0. The number of benzene rings is 2. The van der Waals surface area contributed by atoms with E-state index in [2.05, 4.69) is 0 Å². The van der Waals surface area contributed by atoms with Crippen LogP contribution in [0.1, 0.15) is 11.1 Å². The van der Waals surface area contributed by atoms with Gasteiger partial charge in [0.25, 0.3) is 5.91 Å². The SMILES string of the molecule is COc1ccc(CCN2C(=O)/C(=C/c3ccccc3O)SC2=S)cc1OC. The first-order valence-corrected chi connectivity index (χ1v) is 9.50. The molecule has 1 amide bonds. The van der Waals surface area contributed by atoms with Crippen LogP contribution in [0.25, 0.3) is 6.08 Å². The van der Waals surface area contributed by atoms with E-state index < -0.39 is 0 Å². The quantitative estimate of drug-likeness (QED) is 0.586. The Morgan fingerprint density at radius 3 is 2.59 bits per heavy atom. The summed E-state index contributed by atoms with van der Waals surface area (Å²) in [6.45, 7) is 0.470. The number of aromatic hydroxyl groups is 1. The fraction of sp³-hybridized carbons (Fsp3) is 0.200. The van der Waals surface area contributed by atoms with Crippen molar-refractivity contribution in [2.24, 2.45) is 0 Å². The average molecular weight is 402 g/mol. The second-order valence-corrected chi connectivity index (χ2v) is 7.51. The van der Waals surface area contributed by atoms with Gasteiger partial charge in [0.15, 0.2) is 11.5 Å². The lowest BCUT2D eigenvalue weighted by molar-refractivity contribution is -0.122. The van der Waals surface area contributed by atoms with Crippen molar-refractivity contribution in [3.8, 4) is 17.2 Å². The van der Waals surface area contributed by atoms with E-state index in [4.69, 9.17) is 21.7 Å². The van der Waals surface area contributed by atoms with Gasteiger partial charge in [-0.05, 0) is 36.3 Å². The van der Waals surface area contributed by atoms with Crippen molar-refractivity contribution in [3.05, 3.63) is 58.5 Å². The van der Waals surface area contributed by atoms with E-state index in [1.807, 2.05) is 24.3 Å². The average Bonchev–Trinajstić information content (AvgIpc) is 2.94. The molecule has 3 rings (SSSR count). The molecule has 27 heavy (non-hydrogen) atoms. The summed E-state index contributed by atoms with van der Waals surface area (Å²) >= 11 is 6.61. The lowest BCUT2D eigenvalue weighted by Crippen LogP contribution is -2.30. The molecular formula is C20H19NO4S2. The summed E-state index contributed by atoms with van der Waals surface area (Å²) in [7, 11) is 3.18. The maximum atomic E-state index is 12.7. The maximum absolute atomic E-state index is 12.7. The fourth-order valence-corrected chi connectivity index (χ4v) is 4.02. The van der Waals surface area contributed by atoms with Crippen LogP contribution in [0.5, 0.6) is 17.2 Å². The van der Waals surface area contributed by atoms with Crippen molar-refractivity contribution < 1.29 is 19.4 Å². The van der Waals surface area contributed by atoms with Gasteiger partial charge in [-0.3, -0.25) is 9.69 Å². The minimum absolute atomic E-state index is 0.132. The Morgan fingerprint density at radius 1 is 1.15 bits per heavy atom. The molecule has 0 spiro atoms. The van der Waals surface area contributed by atoms with Gasteiger partial charge in [0.1, 0.15) is 10.1 Å². The molecule has 1 aliphatic rings. The Morgan fingerprint density at radius 2 is 1.89 bits per heavy atom. The summed E-state index contributed by atoms with van der Waals surface area (Å²) in [5.41, 5.74) is 1.62. The third-order valence-electron chi connectivity index (χ3n) is 4.17. The summed E-state index contributed by atoms with van der Waals surface area (Å²) in [6.07, 6.45) is 2.31. The van der Waals surface area contributed by atoms with Gasteiger partial charge in [0, 0.05) is 12.1 Å². The molecule has 1 N–H and O–H groups in total. The van der Waals surface area contributed by atoms with E-state index in [9.17, 15) is 9.90 Å². The molecule has 2 aromatic carbocycles. The number of phenols is 1. The highest BCUT2D eigenvalue weighted by molar-refractivity contribution is 8.26. The van der Waals surface area contributed by atoms with Crippen LogP contribution in [-0.4, -0.2) is 41.0 Å². The molecular weight excluding hydrogens is 382 g/mol. The molecule has 1 heterocycles. The zero-order valence-corrected chi connectivity index (χ0v) is 16.6. The highest BCUT2D eigenvalue weighted by atomic mass is 32.2. The standard InChI is InChI=1S/C20H19NO4S2/c1-24-16-8-7-13(11-17(16)25-2)9-10-21-19(23)18(27-20(21)26)12-14-5-3-4-6-15(14)22/h3-8,11-12,22H,9-10H2,1-2H3/b18-12-. The van der Waals surface area contributed by atoms with Gasteiger partial charge in [0.2, 0.25) is 0 Å². The summed E-state index contributed by atoms with van der Waals surface area (Å²) in [4.78, 5) is 14.8. The largest absolute Gasteiger partial charge is 0.507 e. The molecule has 0 aromatic heterocycles. The number of ether oxygens (including phenoxy) is 2. The molecule has 0 unspecified atom stereocenters. The van der Waals surface area contributed by atoms with Crippen LogP contribution in [0.15, 0.2) is 47.4 Å². The molecule has 1 saturated heterocycles. The van der Waals surface area contributed by atoms with Crippen LogP contribution < -0.4 is 9.47 Å². The molecule has 140 valence electrons. The van der Waals surface area contributed by atoms with E-state index >= 15 is 0 Å². The number of nitrogens with zero attached hydrogens (tertiary/aromatic N) is 1. The number of thiocarbonyl (C=S) groups is 1. The molecule has 0 aliphatic carbocycles. The maximum Gasteiger partial charge on any atom is 0.266 e. The summed E-state index contributed by atoms with van der Waals surface area (Å²) in [5, 5.41) is 9.90. The Hall–Kier alpha value is -2.51. The van der Waals surface area contributed by atoms with Gasteiger partial charge in [-0.2, -0.15) is 0 Å². The highest BCUT2D eigenvalue weighted by Crippen LogP contribution is 2.34. The Bertz CT molecular complexity index is 911. The van der Waals surface area contributed by atoms with Crippen molar-refractivity contribution in [2.75, 3.05) is 20.8 Å². The third-order valence-corrected chi connectivity index (χ3v) is 5.55. The van der Waals surface area contributed by atoms with Gasteiger partial charge in [-0.1, -0.05) is 48.2 Å². The van der Waals surface area contributed by atoms with Gasteiger partial charge in [-0.15, -0.1) is 0 Å². The number of carbonyl (C=O) groups is 1. The number of hydrogen-bond donors (Lipinski definition) is 1. The Balaban J connectivity index is 1.72. The minimum atomic E-state index is -0.145. The van der Waals surface area contributed by atoms with Crippen molar-refractivity contribution in [3.63, 3.8) is 0 Å². The predicted molar refractivity (Wildman–Crippen MR) is 111 cm³/mol. The molecule has 1 aliphatic heterocycles. The van der Waals surface area contributed by atoms with Crippen molar-refractivity contribution in [1.82, 2.24) is 4.90 Å². The van der Waals surface area contributed by atoms with Crippen molar-refractivity contribution in [2.45, 2.75) is 6.42 Å². The van der Waals surface area contributed by atoms with Crippen molar-refractivity contribution >= 4 is 40.3 Å². The first kappa shape index (κ1) is 19.3. The molecule has 5 nitrogen and oxygen atoms in total. The Labute approximate surface area is 167 Å². The number of hydrogen-bond acceptors (Lipinski definition) is 6. The monoisotopic (exact) mass is 401 g/mol. The minimum Gasteiger partial charge on any atom is -0.507 e. The number of phenolic OH excluding ortho intramolecular Hbond substituents is 1. The molecule has 0 bridgehead atoms. The zero-order valence-electron chi connectivity index (χ0n) is 15.0. The normalized spacial score (nSPS) is 15.5. The van der Waals surface area contributed by atoms with Gasteiger partial charge >= 0.3 is 0 Å². The number of thioether (sulfide) groups is 1. The second kappa shape index (κ2) is 8.45. The number of rotatable bonds is 6. The van der Waals surface area contributed by atoms with Crippen molar-refractivity contribution in [1.29, 1.82) is 0 Å². The number of amides is 1. The van der Waals surface area contributed by atoms with Gasteiger partial charge in [-0.25, -0.2) is 0 Å². The molecule has 1 fully saturated rings. The fourth-order valence-electron chi connectivity index (χ4n) is 2.72. The van der Waals surface area contributed by atoms with Gasteiger partial charge in [0.05, 0.1) is 19.1 Å². The van der Waals surface area contributed by atoms with Crippen LogP contribution in [0.4, 0.5) is 0 Å². The van der Waals surface area contributed by atoms with Crippen LogP contribution >= 0.6 is 24.0 Å². The third kappa shape index (κ3) is 4.26. The van der Waals surface area contributed by atoms with E-state index in [0.717, 1.165) is 5.56 Å².